The van der Waals surface area contributed by atoms with E-state index in [2.05, 4.69) is 21.9 Å². The van der Waals surface area contributed by atoms with Gasteiger partial charge < -0.3 is 5.32 Å². The minimum absolute atomic E-state index is 0.0120. The van der Waals surface area contributed by atoms with Gasteiger partial charge >= 0.3 is 0 Å². The first kappa shape index (κ1) is 22.4. The highest BCUT2D eigenvalue weighted by molar-refractivity contribution is 7.84. The number of amidine groups is 2. The van der Waals surface area contributed by atoms with Gasteiger partial charge in [-0.2, -0.15) is 0 Å². The number of halogens is 1. The molecule has 6 nitrogen and oxygen atoms in total. The average Bonchev–Trinajstić information content (AvgIpc) is 2.66. The minimum atomic E-state index is -1.02. The molecular weight excluding hydrogens is 420 g/mol. The molecule has 1 aromatic rings. The van der Waals surface area contributed by atoms with Crippen LogP contribution < -0.4 is 5.32 Å². The molecule has 1 aromatic carbocycles. The molecule has 1 heterocycles. The number of hydrogen-bond donors (Lipinski definition) is 1. The molecule has 2 atom stereocenters. The summed E-state index contributed by atoms with van der Waals surface area (Å²) in [6.07, 6.45) is 6.87. The lowest BCUT2D eigenvalue weighted by atomic mass is 9.79. The van der Waals surface area contributed by atoms with Gasteiger partial charge in [0.15, 0.2) is 11.7 Å². The minimum Gasteiger partial charge on any atom is -0.333 e. The second-order valence-electron chi connectivity index (χ2n) is 7.51. The number of benzene rings is 1. The highest BCUT2D eigenvalue weighted by Gasteiger charge is 2.40. The van der Waals surface area contributed by atoms with Gasteiger partial charge in [-0.05, 0) is 50.3 Å². The molecule has 160 valence electrons. The van der Waals surface area contributed by atoms with Gasteiger partial charge in [-0.25, -0.2) is 4.99 Å². The molecule has 1 aliphatic heterocycles. The number of nitrogens with zero attached hydrogens (tertiary/aromatic N) is 3. The predicted molar refractivity (Wildman–Crippen MR) is 123 cm³/mol. The number of rotatable bonds is 6. The lowest BCUT2D eigenvalue weighted by Gasteiger charge is -2.42. The number of carbonyl (C=O) groups excluding carboxylic acids is 1. The van der Waals surface area contributed by atoms with Crippen molar-refractivity contribution in [2.45, 2.75) is 50.6 Å². The molecule has 1 unspecified atom stereocenters. The van der Waals surface area contributed by atoms with Crippen molar-refractivity contribution in [3.05, 3.63) is 53.3 Å². The Hall–Kier alpha value is -2.25. The van der Waals surface area contributed by atoms with Crippen LogP contribution in [0, 0.1) is 5.92 Å². The Balaban J connectivity index is 1.90. The normalized spacial score (nSPS) is 23.4. The molecule has 0 radical (unpaired) electrons. The van der Waals surface area contributed by atoms with Crippen LogP contribution in [0.3, 0.4) is 0 Å². The van der Waals surface area contributed by atoms with E-state index >= 15 is 0 Å². The van der Waals surface area contributed by atoms with Crippen molar-refractivity contribution >= 4 is 40.0 Å². The van der Waals surface area contributed by atoms with Crippen molar-refractivity contribution in [2.24, 2.45) is 15.9 Å². The van der Waals surface area contributed by atoms with E-state index < -0.39 is 10.8 Å². The number of amides is 1. The van der Waals surface area contributed by atoms with Crippen LogP contribution in [0.4, 0.5) is 0 Å². The molecule has 1 saturated carbocycles. The number of nitrogens with one attached hydrogen (secondary N) is 1. The first-order valence-corrected chi connectivity index (χ1v) is 11.9. The molecule has 8 heteroatoms. The smallest absolute Gasteiger partial charge is 0.295 e. The first-order chi connectivity index (χ1) is 14.3. The molecule has 0 aromatic heterocycles. The molecule has 1 amide bonds. The van der Waals surface area contributed by atoms with E-state index in [9.17, 15) is 9.00 Å². The maximum atomic E-state index is 13.3. The number of carbonyl (C=O) groups is 1. The highest BCUT2D eigenvalue weighted by atomic mass is 35.5. The van der Waals surface area contributed by atoms with Crippen LogP contribution in [-0.4, -0.2) is 39.0 Å². The van der Waals surface area contributed by atoms with Gasteiger partial charge in [0.05, 0.1) is 12.2 Å². The third kappa shape index (κ3) is 4.90. The monoisotopic (exact) mass is 446 g/mol. The molecule has 3 rings (SSSR count). The summed E-state index contributed by atoms with van der Waals surface area (Å²) < 4.78 is 11.6. The number of allylic oxidation sites excluding steroid dienone is 1. The largest absolute Gasteiger partial charge is 0.333 e. The third-order valence-electron chi connectivity index (χ3n) is 5.57. The van der Waals surface area contributed by atoms with Crippen LogP contribution in [-0.2, 0) is 22.1 Å². The summed E-state index contributed by atoms with van der Waals surface area (Å²) in [7, 11) is -1.02. The fraction of sp³-hybridized carbons (Fsp3) is 0.409. The first-order valence-electron chi connectivity index (χ1n) is 9.99. The SMILES string of the molecule is C=C(Cl)/N=C1\C(=C/C)NC(=NCc2ccc(S(C)=O)cc2)C(=O)N1[C@H](C)C1CCC1. The Kier molecular flexibility index (Phi) is 7.26. The Labute approximate surface area is 185 Å². The van der Waals surface area contributed by atoms with Crippen molar-refractivity contribution < 1.29 is 9.00 Å². The predicted octanol–water partition coefficient (Wildman–Crippen LogP) is 3.96. The van der Waals surface area contributed by atoms with Crippen molar-refractivity contribution in [3.63, 3.8) is 0 Å². The Bertz CT molecular complexity index is 948. The summed E-state index contributed by atoms with van der Waals surface area (Å²) in [5, 5.41) is 3.23. The Morgan fingerprint density at radius 3 is 2.57 bits per heavy atom. The summed E-state index contributed by atoms with van der Waals surface area (Å²) in [6, 6.07) is 7.39. The van der Waals surface area contributed by atoms with Gasteiger partial charge in [0.2, 0.25) is 0 Å². The standard InChI is InChI=1S/C22H27ClN4O2S/c1-5-19-21(25-15(3)23)27(14(2)17-7-6-8-17)22(28)20(26-19)24-13-16-9-11-18(12-10-16)30(4)29/h5,9-12,14,17H,3,6-8,13H2,1-2,4H3,(H,24,26)/b19-5+,25-21+/t14-,30?/m1/s1. The molecule has 2 aliphatic rings. The van der Waals surface area contributed by atoms with E-state index in [4.69, 9.17) is 11.6 Å². The molecule has 1 aliphatic carbocycles. The molecule has 1 saturated heterocycles. The topological polar surface area (TPSA) is 74.1 Å². The molecule has 1 N–H and O–H groups in total. The van der Waals surface area contributed by atoms with Crippen LogP contribution in [0.2, 0.25) is 0 Å². The molecular formula is C22H27ClN4O2S. The highest BCUT2D eigenvalue weighted by Crippen LogP contribution is 2.33. The summed E-state index contributed by atoms with van der Waals surface area (Å²) in [6.45, 7) is 7.92. The molecule has 30 heavy (non-hydrogen) atoms. The van der Waals surface area contributed by atoms with E-state index in [0.29, 0.717) is 24.0 Å². The van der Waals surface area contributed by atoms with Gasteiger partial charge in [0.25, 0.3) is 5.91 Å². The van der Waals surface area contributed by atoms with Crippen LogP contribution in [0.1, 0.15) is 38.7 Å². The summed E-state index contributed by atoms with van der Waals surface area (Å²) in [5.41, 5.74) is 1.61. The van der Waals surface area contributed by atoms with E-state index in [0.717, 1.165) is 23.3 Å². The molecule has 0 bridgehead atoms. The van der Waals surface area contributed by atoms with Crippen LogP contribution in [0.25, 0.3) is 0 Å². The zero-order chi connectivity index (χ0) is 21.8. The number of piperazine rings is 1. The van der Waals surface area contributed by atoms with Gasteiger partial charge in [0.1, 0.15) is 5.16 Å². The maximum absolute atomic E-state index is 13.3. The van der Waals surface area contributed by atoms with E-state index in [1.54, 1.807) is 11.2 Å². The van der Waals surface area contributed by atoms with Crippen molar-refractivity contribution in [2.75, 3.05) is 6.26 Å². The summed E-state index contributed by atoms with van der Waals surface area (Å²) >= 11 is 5.96. The summed E-state index contributed by atoms with van der Waals surface area (Å²) in [4.78, 5) is 24.7. The van der Waals surface area contributed by atoms with Crippen LogP contribution in [0.5, 0.6) is 0 Å². The number of hydrogen-bond acceptors (Lipinski definition) is 4. The second-order valence-corrected chi connectivity index (χ2v) is 9.32. The van der Waals surface area contributed by atoms with E-state index in [1.165, 1.54) is 6.42 Å². The Morgan fingerprint density at radius 1 is 1.40 bits per heavy atom. The fourth-order valence-corrected chi connectivity index (χ4v) is 4.18. The molecule has 2 fully saturated rings. The quantitative estimate of drug-likeness (QED) is 0.672. The van der Waals surface area contributed by atoms with Gasteiger partial charge in [-0.1, -0.05) is 42.8 Å². The van der Waals surface area contributed by atoms with E-state index in [1.807, 2.05) is 44.2 Å². The maximum Gasteiger partial charge on any atom is 0.295 e. The van der Waals surface area contributed by atoms with Crippen molar-refractivity contribution in [3.8, 4) is 0 Å². The van der Waals surface area contributed by atoms with Crippen LogP contribution in [0.15, 0.2) is 62.7 Å². The number of aliphatic imine (C=N–C) groups is 2. The summed E-state index contributed by atoms with van der Waals surface area (Å²) in [5.74, 6) is 0.970. The molecule has 0 spiro atoms. The third-order valence-corrected chi connectivity index (χ3v) is 6.59. The van der Waals surface area contributed by atoms with Gasteiger partial charge in [0, 0.05) is 28.0 Å². The zero-order valence-corrected chi connectivity index (χ0v) is 19.1. The van der Waals surface area contributed by atoms with E-state index in [-0.39, 0.29) is 22.9 Å². The second kappa shape index (κ2) is 9.71. The van der Waals surface area contributed by atoms with Crippen molar-refractivity contribution in [1.29, 1.82) is 0 Å². The lowest BCUT2D eigenvalue weighted by Crippen LogP contribution is -2.59. The van der Waals surface area contributed by atoms with Crippen LogP contribution >= 0.6 is 11.6 Å². The van der Waals surface area contributed by atoms with Crippen molar-refractivity contribution in [1.82, 2.24) is 10.2 Å². The van der Waals surface area contributed by atoms with Gasteiger partial charge in [-0.15, -0.1) is 0 Å². The Morgan fingerprint density at radius 2 is 2.07 bits per heavy atom. The zero-order valence-electron chi connectivity index (χ0n) is 17.5. The van der Waals surface area contributed by atoms with Gasteiger partial charge in [-0.3, -0.25) is 18.9 Å². The average molecular weight is 447 g/mol. The fourth-order valence-electron chi connectivity index (χ4n) is 3.58. The lowest BCUT2D eigenvalue weighted by molar-refractivity contribution is -0.123.